The van der Waals surface area contributed by atoms with E-state index in [1.165, 1.54) is 0 Å². The lowest BCUT2D eigenvalue weighted by molar-refractivity contribution is -0.144. The number of ether oxygens (including phenoxy) is 1. The lowest BCUT2D eigenvalue weighted by Crippen LogP contribution is -2.55. The topological polar surface area (TPSA) is 108 Å². The molecule has 0 aromatic heterocycles. The maximum absolute atomic E-state index is 13.9. The van der Waals surface area contributed by atoms with Crippen LogP contribution in [0.2, 0.25) is 0 Å². The molecule has 1 aliphatic rings. The molecule has 3 amide bonds. The zero-order valence-corrected chi connectivity index (χ0v) is 22.6. The smallest absolute Gasteiger partial charge is 0.408 e. The van der Waals surface area contributed by atoms with E-state index in [4.69, 9.17) is 4.74 Å². The molecule has 0 bridgehead atoms. The van der Waals surface area contributed by atoms with Gasteiger partial charge in [-0.25, -0.2) is 4.79 Å². The van der Waals surface area contributed by atoms with Gasteiger partial charge < -0.3 is 25.4 Å². The molecule has 1 saturated carbocycles. The molecule has 3 N–H and O–H groups in total. The van der Waals surface area contributed by atoms with E-state index in [0.717, 1.165) is 23.1 Å². The number of aliphatic hydroxyl groups is 1. The van der Waals surface area contributed by atoms with E-state index in [1.54, 1.807) is 25.7 Å². The summed E-state index contributed by atoms with van der Waals surface area (Å²) in [5.41, 5.74) is 2.80. The summed E-state index contributed by atoms with van der Waals surface area (Å²) in [7, 11) is 0. The Balaban J connectivity index is 1.96. The number of alkyl carbamates (subject to hydrolysis) is 1. The van der Waals surface area contributed by atoms with Crippen molar-refractivity contribution in [1.82, 2.24) is 15.5 Å². The summed E-state index contributed by atoms with van der Waals surface area (Å²) >= 11 is 0. The first-order chi connectivity index (χ1) is 17.4. The second kappa shape index (κ2) is 11.8. The molecule has 0 spiro atoms. The molecule has 8 nitrogen and oxygen atoms in total. The number of nitrogens with zero attached hydrogens (tertiary/aromatic N) is 1. The van der Waals surface area contributed by atoms with Crippen LogP contribution in [0.15, 0.2) is 48.5 Å². The molecular formula is C29H39N3O5. The number of carbonyl (C=O) groups is 3. The Bertz CT molecular complexity index is 1110. The molecular weight excluding hydrogens is 470 g/mol. The Labute approximate surface area is 219 Å². The number of carbonyl (C=O) groups excluding carboxylic acids is 3. The molecule has 3 rings (SSSR count). The highest BCUT2D eigenvalue weighted by Gasteiger charge is 2.48. The van der Waals surface area contributed by atoms with Gasteiger partial charge in [-0.2, -0.15) is 0 Å². The first-order valence-electron chi connectivity index (χ1n) is 12.7. The van der Waals surface area contributed by atoms with Gasteiger partial charge >= 0.3 is 6.09 Å². The van der Waals surface area contributed by atoms with Gasteiger partial charge in [0.15, 0.2) is 0 Å². The summed E-state index contributed by atoms with van der Waals surface area (Å²) in [4.78, 5) is 41.6. The molecule has 8 heteroatoms. The quantitative estimate of drug-likeness (QED) is 0.477. The monoisotopic (exact) mass is 509 g/mol. The molecule has 1 aliphatic carbocycles. The number of hydrogen-bond acceptors (Lipinski definition) is 5. The Morgan fingerprint density at radius 1 is 1.11 bits per heavy atom. The van der Waals surface area contributed by atoms with E-state index < -0.39 is 36.3 Å². The van der Waals surface area contributed by atoms with Gasteiger partial charge in [0.2, 0.25) is 11.8 Å². The summed E-state index contributed by atoms with van der Waals surface area (Å²) in [5.74, 6) is -0.667. The Morgan fingerprint density at radius 2 is 1.76 bits per heavy atom. The third-order valence-corrected chi connectivity index (χ3v) is 6.41. The molecule has 0 aliphatic heterocycles. The second-order valence-electron chi connectivity index (χ2n) is 10.9. The summed E-state index contributed by atoms with van der Waals surface area (Å²) in [6, 6.07) is 12.9. The van der Waals surface area contributed by atoms with Crippen LogP contribution in [0.4, 0.5) is 4.79 Å². The van der Waals surface area contributed by atoms with Gasteiger partial charge in [-0.1, -0.05) is 61.0 Å². The maximum Gasteiger partial charge on any atom is 0.408 e. The van der Waals surface area contributed by atoms with Crippen molar-refractivity contribution in [3.8, 4) is 0 Å². The van der Waals surface area contributed by atoms with Crippen molar-refractivity contribution in [3.05, 3.63) is 70.8 Å². The van der Waals surface area contributed by atoms with Crippen molar-refractivity contribution >= 4 is 17.9 Å². The summed E-state index contributed by atoms with van der Waals surface area (Å²) in [5, 5.41) is 15.6. The van der Waals surface area contributed by atoms with Crippen molar-refractivity contribution < 1.29 is 24.2 Å². The Morgan fingerprint density at radius 3 is 2.30 bits per heavy atom. The van der Waals surface area contributed by atoms with Crippen molar-refractivity contribution in [1.29, 1.82) is 0 Å². The van der Waals surface area contributed by atoms with Gasteiger partial charge in [-0.3, -0.25) is 9.59 Å². The molecule has 2 aromatic rings. The fraction of sp³-hybridized carbons (Fsp3) is 0.483. The lowest BCUT2D eigenvalue weighted by atomic mass is 9.96. The Kier molecular flexibility index (Phi) is 8.97. The summed E-state index contributed by atoms with van der Waals surface area (Å²) in [6.45, 7) is 10.7. The SMILES string of the molecule is Cc1ccc(C(C(=O)NCc2ccccc2)N(C(=O)C(CO)NC(=O)OC(C)(C)C)C2CC2C)c(C)c1. The fourth-order valence-corrected chi connectivity index (χ4v) is 4.42. The van der Waals surface area contributed by atoms with Crippen molar-refractivity contribution in [2.75, 3.05) is 6.61 Å². The molecule has 0 heterocycles. The number of rotatable bonds is 9. The zero-order chi connectivity index (χ0) is 27.3. The van der Waals surface area contributed by atoms with E-state index in [1.807, 2.05) is 69.3 Å². The van der Waals surface area contributed by atoms with E-state index >= 15 is 0 Å². The molecule has 200 valence electrons. The minimum atomic E-state index is -1.25. The van der Waals surface area contributed by atoms with Crippen LogP contribution < -0.4 is 10.6 Å². The molecule has 4 atom stereocenters. The third-order valence-electron chi connectivity index (χ3n) is 6.41. The second-order valence-corrected chi connectivity index (χ2v) is 10.9. The van der Waals surface area contributed by atoms with Crippen LogP contribution in [0, 0.1) is 19.8 Å². The standard InChI is InChI=1S/C29H39N3O5/c1-18-12-13-22(19(2)14-18)25(26(34)30-16-21-10-8-7-9-11-21)32(24-15-20(24)3)27(35)23(17-33)31-28(36)37-29(4,5)6/h7-14,20,23-25,33H,15-17H2,1-6H3,(H,30,34)(H,31,36). The third kappa shape index (κ3) is 7.55. The van der Waals surface area contributed by atoms with Crippen molar-refractivity contribution in [3.63, 3.8) is 0 Å². The minimum Gasteiger partial charge on any atom is -0.444 e. The average Bonchev–Trinajstić information content (AvgIpc) is 3.54. The number of benzene rings is 2. The highest BCUT2D eigenvalue weighted by Crippen LogP contribution is 2.41. The highest BCUT2D eigenvalue weighted by molar-refractivity contribution is 5.93. The minimum absolute atomic E-state index is 0.181. The van der Waals surface area contributed by atoms with Gasteiger partial charge in [0.1, 0.15) is 17.7 Å². The van der Waals surface area contributed by atoms with Gasteiger partial charge in [-0.15, -0.1) is 0 Å². The maximum atomic E-state index is 13.9. The predicted octanol–water partition coefficient (Wildman–Crippen LogP) is 3.78. The molecule has 0 radical (unpaired) electrons. The molecule has 1 fully saturated rings. The van der Waals surface area contributed by atoms with Crippen LogP contribution in [0.3, 0.4) is 0 Å². The van der Waals surface area contributed by atoms with E-state index in [9.17, 15) is 19.5 Å². The van der Waals surface area contributed by atoms with Crippen LogP contribution in [-0.2, 0) is 20.9 Å². The Hall–Kier alpha value is -3.39. The van der Waals surface area contributed by atoms with Gasteiger partial charge in [-0.05, 0) is 63.6 Å². The van der Waals surface area contributed by atoms with Gasteiger partial charge in [0, 0.05) is 12.6 Å². The molecule has 37 heavy (non-hydrogen) atoms. The van der Waals surface area contributed by atoms with Crippen LogP contribution in [0.25, 0.3) is 0 Å². The van der Waals surface area contributed by atoms with Crippen LogP contribution in [-0.4, -0.2) is 52.2 Å². The number of hydrogen-bond donors (Lipinski definition) is 3. The summed E-state index contributed by atoms with van der Waals surface area (Å²) < 4.78 is 5.30. The average molecular weight is 510 g/mol. The first kappa shape index (κ1) is 28.2. The molecule has 2 aromatic carbocycles. The number of nitrogens with one attached hydrogen (secondary N) is 2. The van der Waals surface area contributed by atoms with Crippen LogP contribution in [0.5, 0.6) is 0 Å². The lowest BCUT2D eigenvalue weighted by Gasteiger charge is -2.35. The molecule has 4 unspecified atom stereocenters. The normalized spacial score (nSPS) is 18.4. The number of amides is 3. The van der Waals surface area contributed by atoms with Crippen molar-refractivity contribution in [2.24, 2.45) is 5.92 Å². The fourth-order valence-electron chi connectivity index (χ4n) is 4.42. The summed E-state index contributed by atoms with van der Waals surface area (Å²) in [6.07, 6.45) is -0.0794. The van der Waals surface area contributed by atoms with Crippen LogP contribution >= 0.6 is 0 Å². The zero-order valence-electron chi connectivity index (χ0n) is 22.6. The van der Waals surface area contributed by atoms with Gasteiger partial charge in [0.25, 0.3) is 0 Å². The van der Waals surface area contributed by atoms with E-state index in [-0.39, 0.29) is 17.9 Å². The number of aryl methyl sites for hydroxylation is 2. The van der Waals surface area contributed by atoms with E-state index in [2.05, 4.69) is 10.6 Å². The van der Waals surface area contributed by atoms with Crippen LogP contribution in [0.1, 0.15) is 62.4 Å². The number of aliphatic hydroxyl groups excluding tert-OH is 1. The van der Waals surface area contributed by atoms with Crippen molar-refractivity contribution in [2.45, 2.75) is 78.2 Å². The largest absolute Gasteiger partial charge is 0.444 e. The van der Waals surface area contributed by atoms with Gasteiger partial charge in [0.05, 0.1) is 6.61 Å². The highest BCUT2D eigenvalue weighted by atomic mass is 16.6. The predicted molar refractivity (Wildman–Crippen MR) is 142 cm³/mol. The molecule has 0 saturated heterocycles. The first-order valence-corrected chi connectivity index (χ1v) is 12.7. The van der Waals surface area contributed by atoms with E-state index in [0.29, 0.717) is 12.1 Å².